The van der Waals surface area contributed by atoms with Gasteiger partial charge in [0.05, 0.1) is 12.5 Å². The first-order valence-corrected chi connectivity index (χ1v) is 5.23. The lowest BCUT2D eigenvalue weighted by Gasteiger charge is -2.07. The van der Waals surface area contributed by atoms with Gasteiger partial charge >= 0.3 is 0 Å². The van der Waals surface area contributed by atoms with E-state index in [4.69, 9.17) is 0 Å². The second-order valence-corrected chi connectivity index (χ2v) is 4.04. The molecule has 1 aromatic rings. The molecule has 1 N–H and O–H groups in total. The average molecular weight is 257 g/mol. The fourth-order valence-electron chi connectivity index (χ4n) is 1.00. The van der Waals surface area contributed by atoms with Crippen LogP contribution in [-0.4, -0.2) is 23.9 Å². The number of hydrogen-bond donors (Lipinski definition) is 1. The molecule has 1 rings (SSSR count). The quantitative estimate of drug-likeness (QED) is 0.890. The maximum absolute atomic E-state index is 11.5. The monoisotopic (exact) mass is 256 g/mol. The molecule has 0 aliphatic rings. The normalized spacial score (nSPS) is 12.5. The van der Waals surface area contributed by atoms with E-state index >= 15 is 0 Å². The van der Waals surface area contributed by atoms with E-state index in [9.17, 15) is 4.79 Å². The predicted octanol–water partition coefficient (Wildman–Crippen LogP) is 1.56. The van der Waals surface area contributed by atoms with Gasteiger partial charge in [0.1, 0.15) is 0 Å². The number of aromatic nitrogens is 1. The van der Waals surface area contributed by atoms with E-state index in [2.05, 4.69) is 26.2 Å². The van der Waals surface area contributed by atoms with E-state index in [1.54, 1.807) is 13.2 Å². The Labute approximate surface area is 92.1 Å². The molecule has 0 spiro atoms. The number of likely N-dealkylation sites (N-methyl/N-ethyl adjacent to an activating group) is 1. The van der Waals surface area contributed by atoms with Gasteiger partial charge in [-0.25, -0.2) is 0 Å². The van der Waals surface area contributed by atoms with Crippen molar-refractivity contribution in [3.05, 3.63) is 28.5 Å². The fourth-order valence-corrected chi connectivity index (χ4v) is 1.24. The number of carbonyl (C=O) groups excluding carboxylic acids is 1. The first kappa shape index (κ1) is 11.3. The minimum absolute atomic E-state index is 0.111. The van der Waals surface area contributed by atoms with Crippen LogP contribution in [0.3, 0.4) is 0 Å². The van der Waals surface area contributed by atoms with E-state index in [0.29, 0.717) is 6.42 Å². The minimum atomic E-state index is -0.111. The number of hydrogen-bond acceptors (Lipinski definition) is 3. The van der Waals surface area contributed by atoms with Gasteiger partial charge in [-0.15, -0.1) is 0 Å². The van der Waals surface area contributed by atoms with E-state index in [0.717, 1.165) is 10.2 Å². The molecule has 0 fully saturated rings. The average Bonchev–Trinajstić information content (AvgIpc) is 2.20. The first-order valence-electron chi connectivity index (χ1n) is 4.44. The Balaban J connectivity index is 2.60. The van der Waals surface area contributed by atoms with Crippen LogP contribution in [0.2, 0.25) is 0 Å². The van der Waals surface area contributed by atoms with Crippen molar-refractivity contribution in [2.45, 2.75) is 19.4 Å². The third kappa shape index (κ3) is 3.20. The Morgan fingerprint density at radius 3 is 2.86 bits per heavy atom. The molecule has 0 saturated carbocycles. The Hall–Kier alpha value is -0.740. The van der Waals surface area contributed by atoms with E-state index in [1.807, 2.05) is 19.1 Å². The van der Waals surface area contributed by atoms with Crippen LogP contribution in [0.1, 0.15) is 12.6 Å². The van der Waals surface area contributed by atoms with Crippen LogP contribution in [0.15, 0.2) is 22.8 Å². The van der Waals surface area contributed by atoms with Crippen LogP contribution < -0.4 is 5.32 Å². The molecule has 1 unspecified atom stereocenters. The topological polar surface area (TPSA) is 42.0 Å². The zero-order chi connectivity index (χ0) is 10.6. The van der Waals surface area contributed by atoms with Gasteiger partial charge in [0.25, 0.3) is 0 Å². The van der Waals surface area contributed by atoms with E-state index in [-0.39, 0.29) is 11.8 Å². The highest BCUT2D eigenvalue weighted by Gasteiger charge is 2.11. The predicted molar refractivity (Wildman–Crippen MR) is 59.2 cm³/mol. The zero-order valence-electron chi connectivity index (χ0n) is 8.25. The standard InChI is InChI=1S/C10H13BrN2O/c1-7(12-2)10(14)5-9-4-3-8(11)6-13-9/h3-4,6-7,12H,5H2,1-2H3. The molecule has 0 aromatic carbocycles. The SMILES string of the molecule is CNC(C)C(=O)Cc1ccc(Br)cn1. The lowest BCUT2D eigenvalue weighted by Crippen LogP contribution is -2.32. The molecule has 1 atom stereocenters. The van der Waals surface area contributed by atoms with Crippen LogP contribution >= 0.6 is 15.9 Å². The Kier molecular flexibility index (Phi) is 4.22. The summed E-state index contributed by atoms with van der Waals surface area (Å²) in [6.45, 7) is 1.85. The summed E-state index contributed by atoms with van der Waals surface area (Å²) in [5, 5.41) is 2.91. The van der Waals surface area contributed by atoms with Crippen molar-refractivity contribution in [3.8, 4) is 0 Å². The molecule has 1 aromatic heterocycles. The molecule has 76 valence electrons. The highest BCUT2D eigenvalue weighted by Crippen LogP contribution is 2.08. The summed E-state index contributed by atoms with van der Waals surface area (Å²) < 4.78 is 0.926. The molecular weight excluding hydrogens is 244 g/mol. The first-order chi connectivity index (χ1) is 6.63. The van der Waals surface area contributed by atoms with E-state index in [1.165, 1.54) is 0 Å². The zero-order valence-corrected chi connectivity index (χ0v) is 9.84. The molecule has 3 nitrogen and oxygen atoms in total. The number of halogens is 1. The summed E-state index contributed by atoms with van der Waals surface area (Å²) >= 11 is 3.29. The number of nitrogens with one attached hydrogen (secondary N) is 1. The summed E-state index contributed by atoms with van der Waals surface area (Å²) in [6, 6.07) is 3.63. The minimum Gasteiger partial charge on any atom is -0.311 e. The van der Waals surface area contributed by atoms with Gasteiger partial charge in [-0.3, -0.25) is 9.78 Å². The number of ketones is 1. The summed E-state index contributed by atoms with van der Waals surface area (Å²) in [5.74, 6) is 0.155. The van der Waals surface area contributed by atoms with E-state index < -0.39 is 0 Å². The van der Waals surface area contributed by atoms with Crippen molar-refractivity contribution in [1.29, 1.82) is 0 Å². The molecule has 14 heavy (non-hydrogen) atoms. The smallest absolute Gasteiger partial charge is 0.155 e. The Morgan fingerprint density at radius 1 is 1.64 bits per heavy atom. The highest BCUT2D eigenvalue weighted by molar-refractivity contribution is 9.10. The number of rotatable bonds is 4. The van der Waals surface area contributed by atoms with Gasteiger partial charge < -0.3 is 5.32 Å². The second-order valence-electron chi connectivity index (χ2n) is 3.12. The molecule has 0 amide bonds. The summed E-state index contributed by atoms with van der Waals surface area (Å²) in [5.41, 5.74) is 0.806. The Bertz CT molecular complexity index is 310. The van der Waals surface area contributed by atoms with Crippen LogP contribution in [-0.2, 0) is 11.2 Å². The molecule has 4 heteroatoms. The summed E-state index contributed by atoms with van der Waals surface area (Å²) in [6.07, 6.45) is 2.09. The summed E-state index contributed by atoms with van der Waals surface area (Å²) in [7, 11) is 1.78. The maximum Gasteiger partial charge on any atom is 0.155 e. The van der Waals surface area contributed by atoms with Crippen LogP contribution in [0, 0.1) is 0 Å². The van der Waals surface area contributed by atoms with Crippen molar-refractivity contribution in [1.82, 2.24) is 10.3 Å². The number of nitrogens with zero attached hydrogens (tertiary/aromatic N) is 1. The van der Waals surface area contributed by atoms with Crippen molar-refractivity contribution >= 4 is 21.7 Å². The highest BCUT2D eigenvalue weighted by atomic mass is 79.9. The van der Waals surface area contributed by atoms with Crippen LogP contribution in [0.4, 0.5) is 0 Å². The number of pyridine rings is 1. The van der Waals surface area contributed by atoms with Crippen LogP contribution in [0.5, 0.6) is 0 Å². The summed E-state index contributed by atoms with van der Waals surface area (Å²) in [4.78, 5) is 15.7. The molecule has 1 heterocycles. The third-order valence-electron chi connectivity index (χ3n) is 2.06. The molecular formula is C10H13BrN2O. The molecule has 0 aliphatic heterocycles. The third-order valence-corrected chi connectivity index (χ3v) is 2.53. The molecule has 0 aliphatic carbocycles. The fraction of sp³-hybridized carbons (Fsp3) is 0.400. The molecule has 0 radical (unpaired) electrons. The number of Topliss-reactive ketones (excluding diaryl/α,β-unsaturated/α-hetero) is 1. The number of carbonyl (C=O) groups is 1. The van der Waals surface area contributed by atoms with Gasteiger partial charge in [0.15, 0.2) is 5.78 Å². The van der Waals surface area contributed by atoms with Gasteiger partial charge in [0.2, 0.25) is 0 Å². The largest absolute Gasteiger partial charge is 0.311 e. The lowest BCUT2D eigenvalue weighted by atomic mass is 10.1. The van der Waals surface area contributed by atoms with Crippen molar-refractivity contribution in [3.63, 3.8) is 0 Å². The van der Waals surface area contributed by atoms with Crippen molar-refractivity contribution in [2.75, 3.05) is 7.05 Å². The van der Waals surface area contributed by atoms with Gasteiger partial charge in [-0.2, -0.15) is 0 Å². The van der Waals surface area contributed by atoms with Gasteiger partial charge in [-0.1, -0.05) is 0 Å². The second kappa shape index (κ2) is 5.22. The van der Waals surface area contributed by atoms with Crippen LogP contribution in [0.25, 0.3) is 0 Å². The lowest BCUT2D eigenvalue weighted by molar-refractivity contribution is -0.119. The molecule has 0 bridgehead atoms. The van der Waals surface area contributed by atoms with Crippen molar-refractivity contribution < 1.29 is 4.79 Å². The van der Waals surface area contributed by atoms with Gasteiger partial charge in [0, 0.05) is 16.4 Å². The Morgan fingerprint density at radius 2 is 2.36 bits per heavy atom. The molecule has 0 saturated heterocycles. The van der Waals surface area contributed by atoms with Crippen molar-refractivity contribution in [2.24, 2.45) is 0 Å². The maximum atomic E-state index is 11.5. The van der Waals surface area contributed by atoms with Gasteiger partial charge in [-0.05, 0) is 42.0 Å².